The highest BCUT2D eigenvalue weighted by Gasteiger charge is 2.48. The Labute approximate surface area is 200 Å². The van der Waals surface area contributed by atoms with Crippen LogP contribution in [0.1, 0.15) is 72.4 Å². The first-order chi connectivity index (χ1) is 16.9. The maximum absolute atomic E-state index is 13.5. The van der Waals surface area contributed by atoms with E-state index in [-0.39, 0.29) is 59.7 Å². The van der Waals surface area contributed by atoms with Crippen LogP contribution in [0.3, 0.4) is 0 Å². The van der Waals surface area contributed by atoms with Crippen LogP contribution < -0.4 is 11.2 Å². The molecule has 0 aromatic carbocycles. The number of halogens is 5. The number of fused-ring (bicyclic) bond motifs is 1. The van der Waals surface area contributed by atoms with E-state index in [0.717, 1.165) is 0 Å². The number of primary amides is 1. The van der Waals surface area contributed by atoms with Gasteiger partial charge in [-0.3, -0.25) is 9.59 Å². The van der Waals surface area contributed by atoms with Gasteiger partial charge in [0.15, 0.2) is 11.1 Å². The van der Waals surface area contributed by atoms with Gasteiger partial charge in [-0.2, -0.15) is 18.3 Å². The number of hydrogen-bond donors (Lipinski definition) is 2. The van der Waals surface area contributed by atoms with E-state index in [2.05, 4.69) is 25.1 Å². The molecule has 3 N–H and O–H groups in total. The molecule has 190 valence electrons. The molecule has 2 aliphatic rings. The summed E-state index contributed by atoms with van der Waals surface area (Å²) in [5.41, 5.74) is 5.63. The molecule has 0 saturated heterocycles. The van der Waals surface area contributed by atoms with Crippen LogP contribution >= 0.6 is 0 Å². The largest absolute Gasteiger partial charge is 0.391 e. The molecule has 5 rings (SSSR count). The fraction of sp³-hybridized carbons (Fsp3) is 0.478. The standard InChI is InChI=1S/C23H21F5N6O2/c24-22(25)6-11(7-22)21-30-8-13(18(33-21)10-1-3-12(4-2-10)23(26,27)28)14-5-16(35)17-15(32-14)9-31-34-19(17)20(29)36/h5,8-12H,1-4,6-7H2,(H2,29,36)(H,32,35). The molecule has 2 saturated carbocycles. The van der Waals surface area contributed by atoms with Crippen LogP contribution in [0.15, 0.2) is 23.3 Å². The predicted molar refractivity (Wildman–Crippen MR) is 117 cm³/mol. The number of nitrogens with zero attached hydrogens (tertiary/aromatic N) is 4. The smallest absolute Gasteiger partial charge is 0.364 e. The Morgan fingerprint density at radius 1 is 1.08 bits per heavy atom. The maximum atomic E-state index is 13.5. The molecule has 0 aliphatic heterocycles. The van der Waals surface area contributed by atoms with Crippen molar-refractivity contribution in [2.75, 3.05) is 0 Å². The molecule has 0 atom stereocenters. The van der Waals surface area contributed by atoms with Crippen LogP contribution in [0.4, 0.5) is 22.0 Å². The molecule has 3 aromatic rings. The normalized spacial score (nSPS) is 22.4. The molecule has 2 fully saturated rings. The van der Waals surface area contributed by atoms with E-state index < -0.39 is 48.1 Å². The number of alkyl halides is 5. The molecule has 8 nitrogen and oxygen atoms in total. The van der Waals surface area contributed by atoms with Crippen LogP contribution in [0.25, 0.3) is 22.2 Å². The van der Waals surface area contributed by atoms with Crippen molar-refractivity contribution in [2.45, 2.75) is 62.5 Å². The zero-order valence-corrected chi connectivity index (χ0v) is 18.8. The summed E-state index contributed by atoms with van der Waals surface area (Å²) in [6.45, 7) is 0. The molecule has 0 radical (unpaired) electrons. The lowest BCUT2D eigenvalue weighted by Crippen LogP contribution is -2.35. The Morgan fingerprint density at radius 2 is 1.78 bits per heavy atom. The first-order valence-corrected chi connectivity index (χ1v) is 11.4. The number of pyridine rings is 1. The van der Waals surface area contributed by atoms with E-state index in [1.54, 1.807) is 0 Å². The average molecular weight is 508 g/mol. The van der Waals surface area contributed by atoms with Gasteiger partial charge in [0.25, 0.3) is 5.91 Å². The van der Waals surface area contributed by atoms with Gasteiger partial charge in [0, 0.05) is 42.5 Å². The number of hydrogen-bond acceptors (Lipinski definition) is 6. The van der Waals surface area contributed by atoms with Crippen LogP contribution in [0, 0.1) is 5.92 Å². The van der Waals surface area contributed by atoms with Gasteiger partial charge in [-0.05, 0) is 25.7 Å². The molecule has 0 spiro atoms. The second-order valence-corrected chi connectivity index (χ2v) is 9.47. The number of aromatic amines is 1. The number of nitrogens with two attached hydrogens (primary N) is 1. The van der Waals surface area contributed by atoms with Gasteiger partial charge in [-0.15, -0.1) is 5.10 Å². The molecule has 2 aliphatic carbocycles. The third-order valence-corrected chi connectivity index (χ3v) is 7.03. The molecule has 3 heterocycles. The van der Waals surface area contributed by atoms with Crippen molar-refractivity contribution in [3.05, 3.63) is 45.9 Å². The van der Waals surface area contributed by atoms with E-state index >= 15 is 0 Å². The summed E-state index contributed by atoms with van der Waals surface area (Å²) >= 11 is 0. The van der Waals surface area contributed by atoms with Crippen molar-refractivity contribution in [1.82, 2.24) is 25.1 Å². The summed E-state index contributed by atoms with van der Waals surface area (Å²) in [6, 6.07) is 1.21. The third kappa shape index (κ3) is 4.42. The quantitative estimate of drug-likeness (QED) is 0.508. The average Bonchev–Trinajstić information content (AvgIpc) is 2.81. The van der Waals surface area contributed by atoms with Crippen molar-refractivity contribution < 1.29 is 26.7 Å². The molecular formula is C23H21F5N6O2. The van der Waals surface area contributed by atoms with E-state index in [1.165, 1.54) is 18.5 Å². The molecule has 36 heavy (non-hydrogen) atoms. The predicted octanol–water partition coefficient (Wildman–Crippen LogP) is 4.22. The Balaban J connectivity index is 1.58. The lowest BCUT2D eigenvalue weighted by atomic mass is 9.78. The lowest BCUT2D eigenvalue weighted by Gasteiger charge is -2.35. The monoisotopic (exact) mass is 508 g/mol. The number of aromatic nitrogens is 5. The highest BCUT2D eigenvalue weighted by Crippen LogP contribution is 2.48. The number of H-pyrrole nitrogens is 1. The van der Waals surface area contributed by atoms with Crippen molar-refractivity contribution in [3.63, 3.8) is 0 Å². The second-order valence-electron chi connectivity index (χ2n) is 9.47. The van der Waals surface area contributed by atoms with Crippen LogP contribution in [0.2, 0.25) is 0 Å². The van der Waals surface area contributed by atoms with Crippen molar-refractivity contribution in [2.24, 2.45) is 11.7 Å². The fourth-order valence-electron chi connectivity index (χ4n) is 5.10. The van der Waals surface area contributed by atoms with E-state index in [4.69, 9.17) is 5.73 Å². The Kier molecular flexibility index (Phi) is 5.75. The third-order valence-electron chi connectivity index (χ3n) is 7.03. The fourth-order valence-corrected chi connectivity index (χ4v) is 5.10. The summed E-state index contributed by atoms with van der Waals surface area (Å²) in [4.78, 5) is 36.4. The van der Waals surface area contributed by atoms with Gasteiger partial charge in [-0.25, -0.2) is 18.7 Å². The second kappa shape index (κ2) is 8.56. The number of rotatable bonds is 4. The minimum Gasteiger partial charge on any atom is -0.364 e. The molecule has 1 amide bonds. The zero-order chi connectivity index (χ0) is 25.8. The molecule has 13 heteroatoms. The van der Waals surface area contributed by atoms with Gasteiger partial charge < -0.3 is 10.7 Å². The number of amides is 1. The first-order valence-electron chi connectivity index (χ1n) is 11.4. The molecule has 0 unspecified atom stereocenters. The summed E-state index contributed by atoms with van der Waals surface area (Å²) in [7, 11) is 0. The highest BCUT2D eigenvalue weighted by molar-refractivity contribution is 6.03. The highest BCUT2D eigenvalue weighted by atomic mass is 19.4. The lowest BCUT2D eigenvalue weighted by molar-refractivity contribution is -0.182. The number of carbonyl (C=O) groups excluding carboxylic acids is 1. The van der Waals surface area contributed by atoms with Crippen LogP contribution in [-0.4, -0.2) is 43.2 Å². The minimum absolute atomic E-state index is 0.0530. The summed E-state index contributed by atoms with van der Waals surface area (Å²) in [5.74, 6) is -5.85. The SMILES string of the molecule is NC(=O)c1nncc2[nH]c(-c3cnc(C4CC(F)(F)C4)nc3C3CCC(C(F)(F)F)CC3)cc(=O)c12. The van der Waals surface area contributed by atoms with E-state index in [9.17, 15) is 31.5 Å². The molecule has 0 bridgehead atoms. The molecular weight excluding hydrogens is 487 g/mol. The van der Waals surface area contributed by atoms with Crippen molar-refractivity contribution >= 4 is 16.8 Å². The number of nitrogens with one attached hydrogen (secondary N) is 1. The molecule has 3 aromatic heterocycles. The van der Waals surface area contributed by atoms with Gasteiger partial charge >= 0.3 is 6.18 Å². The van der Waals surface area contributed by atoms with Gasteiger partial charge in [0.05, 0.1) is 34.4 Å². The minimum atomic E-state index is -4.29. The van der Waals surface area contributed by atoms with Gasteiger partial charge in [-0.1, -0.05) is 0 Å². The maximum Gasteiger partial charge on any atom is 0.391 e. The van der Waals surface area contributed by atoms with Crippen molar-refractivity contribution in [1.29, 1.82) is 0 Å². The summed E-state index contributed by atoms with van der Waals surface area (Å²) in [6.07, 6.45) is -2.20. The summed E-state index contributed by atoms with van der Waals surface area (Å²) < 4.78 is 66.6. The summed E-state index contributed by atoms with van der Waals surface area (Å²) in [5, 5.41) is 7.26. The van der Waals surface area contributed by atoms with Crippen LogP contribution in [0.5, 0.6) is 0 Å². The van der Waals surface area contributed by atoms with Crippen molar-refractivity contribution in [3.8, 4) is 11.3 Å². The number of carbonyl (C=O) groups is 1. The Hall–Kier alpha value is -3.51. The Morgan fingerprint density at radius 3 is 2.39 bits per heavy atom. The van der Waals surface area contributed by atoms with Gasteiger partial charge in [0.1, 0.15) is 5.82 Å². The topological polar surface area (TPSA) is 128 Å². The zero-order valence-electron chi connectivity index (χ0n) is 18.8. The Bertz CT molecular complexity index is 1390. The van der Waals surface area contributed by atoms with E-state index in [1.807, 2.05) is 0 Å². The van der Waals surface area contributed by atoms with E-state index in [0.29, 0.717) is 11.3 Å². The van der Waals surface area contributed by atoms with Gasteiger partial charge in [0.2, 0.25) is 5.92 Å². The van der Waals surface area contributed by atoms with Crippen LogP contribution in [-0.2, 0) is 0 Å². The first kappa shape index (κ1) is 24.2.